The molecule has 0 amide bonds. The zero-order valence-electron chi connectivity index (χ0n) is 16.4. The highest BCUT2D eigenvalue weighted by atomic mass is 127. The number of nitrogens with zero attached hydrogens (tertiary/aromatic N) is 2. The Labute approximate surface area is 176 Å². The van der Waals surface area contributed by atoms with Crippen LogP contribution in [0.15, 0.2) is 17.1 Å². The van der Waals surface area contributed by atoms with E-state index in [4.69, 9.17) is 9.47 Å². The molecule has 1 N–H and O–H groups in total. The maximum absolute atomic E-state index is 12.2. The molecule has 27 heavy (non-hydrogen) atoms. The molecule has 156 valence electrons. The van der Waals surface area contributed by atoms with Crippen LogP contribution >= 0.6 is 24.0 Å². The first kappa shape index (κ1) is 25.6. The fourth-order valence-electron chi connectivity index (χ4n) is 2.56. The number of ether oxygens (including phenoxy) is 2. The molecule has 0 saturated carbocycles. The van der Waals surface area contributed by atoms with Gasteiger partial charge in [0.1, 0.15) is 0 Å². The predicted molar refractivity (Wildman–Crippen MR) is 112 cm³/mol. The zero-order valence-corrected chi connectivity index (χ0v) is 18.8. The second kappa shape index (κ2) is 12.1. The lowest BCUT2D eigenvalue weighted by Crippen LogP contribution is -2.39. The van der Waals surface area contributed by atoms with Gasteiger partial charge >= 0.3 is 6.18 Å². The van der Waals surface area contributed by atoms with Crippen molar-refractivity contribution < 1.29 is 22.6 Å². The van der Waals surface area contributed by atoms with Gasteiger partial charge in [-0.1, -0.05) is 0 Å². The SMILES string of the molecule is CN=C(NCCCCC(F)(F)F)N(C)Cc1cc(OC)c(OC)cc1C.I. The van der Waals surface area contributed by atoms with E-state index in [0.29, 0.717) is 37.0 Å². The topological polar surface area (TPSA) is 46.1 Å². The van der Waals surface area contributed by atoms with Gasteiger partial charge in [0, 0.05) is 33.6 Å². The fourth-order valence-corrected chi connectivity index (χ4v) is 2.56. The number of aryl methyl sites for hydroxylation is 1. The minimum atomic E-state index is -4.09. The van der Waals surface area contributed by atoms with Crippen molar-refractivity contribution in [3.05, 3.63) is 23.3 Å². The molecule has 0 aliphatic carbocycles. The van der Waals surface area contributed by atoms with Gasteiger partial charge in [-0.25, -0.2) is 0 Å². The number of methoxy groups -OCH3 is 2. The van der Waals surface area contributed by atoms with E-state index >= 15 is 0 Å². The summed E-state index contributed by atoms with van der Waals surface area (Å²) in [6.45, 7) is 3.00. The molecule has 9 heteroatoms. The molecular formula is C18H29F3IN3O2. The van der Waals surface area contributed by atoms with Crippen LogP contribution < -0.4 is 14.8 Å². The van der Waals surface area contributed by atoms with E-state index in [2.05, 4.69) is 10.3 Å². The Bertz CT molecular complexity index is 610. The van der Waals surface area contributed by atoms with Gasteiger partial charge in [-0.3, -0.25) is 4.99 Å². The minimum Gasteiger partial charge on any atom is -0.493 e. The van der Waals surface area contributed by atoms with E-state index in [1.165, 1.54) is 0 Å². The van der Waals surface area contributed by atoms with E-state index in [1.807, 2.05) is 31.0 Å². The van der Waals surface area contributed by atoms with Crippen molar-refractivity contribution in [2.45, 2.75) is 38.9 Å². The molecule has 0 atom stereocenters. The van der Waals surface area contributed by atoms with Gasteiger partial charge in [-0.15, -0.1) is 24.0 Å². The first-order valence-corrected chi connectivity index (χ1v) is 8.41. The van der Waals surface area contributed by atoms with Gasteiger partial charge in [0.2, 0.25) is 0 Å². The largest absolute Gasteiger partial charge is 0.493 e. The maximum Gasteiger partial charge on any atom is 0.389 e. The number of benzene rings is 1. The molecule has 1 aromatic rings. The molecule has 5 nitrogen and oxygen atoms in total. The van der Waals surface area contributed by atoms with E-state index < -0.39 is 12.6 Å². The van der Waals surface area contributed by atoms with Gasteiger partial charge in [0.05, 0.1) is 14.2 Å². The van der Waals surface area contributed by atoms with E-state index in [1.54, 1.807) is 21.3 Å². The summed E-state index contributed by atoms with van der Waals surface area (Å²) in [6.07, 6.45) is -4.31. The molecule has 0 bridgehead atoms. The molecule has 0 fully saturated rings. The molecule has 1 rings (SSSR count). The summed E-state index contributed by atoms with van der Waals surface area (Å²) in [5, 5.41) is 3.10. The van der Waals surface area contributed by atoms with Crippen molar-refractivity contribution in [3.63, 3.8) is 0 Å². The van der Waals surface area contributed by atoms with Crippen LogP contribution in [0.3, 0.4) is 0 Å². The highest BCUT2D eigenvalue weighted by Crippen LogP contribution is 2.30. The van der Waals surface area contributed by atoms with Crippen LogP contribution in [0, 0.1) is 6.92 Å². The normalized spacial score (nSPS) is 11.6. The number of unbranched alkanes of at least 4 members (excludes halogenated alkanes) is 1. The predicted octanol–water partition coefficient (Wildman–Crippen LogP) is 4.37. The van der Waals surface area contributed by atoms with Crippen molar-refractivity contribution in [2.24, 2.45) is 4.99 Å². The van der Waals surface area contributed by atoms with Crippen LogP contribution in [0.1, 0.15) is 30.4 Å². The van der Waals surface area contributed by atoms with E-state index in [-0.39, 0.29) is 30.4 Å². The van der Waals surface area contributed by atoms with E-state index in [0.717, 1.165) is 11.1 Å². The summed E-state index contributed by atoms with van der Waals surface area (Å²) in [4.78, 5) is 6.10. The molecule has 0 heterocycles. The van der Waals surface area contributed by atoms with Crippen molar-refractivity contribution in [1.82, 2.24) is 10.2 Å². The Balaban J connectivity index is 0.00000676. The third-order valence-electron chi connectivity index (χ3n) is 3.99. The Hall–Kier alpha value is -1.39. The molecule has 0 aliphatic heterocycles. The van der Waals surface area contributed by atoms with Crippen LogP contribution in [-0.4, -0.2) is 51.9 Å². The smallest absolute Gasteiger partial charge is 0.389 e. The molecule has 0 spiro atoms. The average Bonchev–Trinajstić information content (AvgIpc) is 2.58. The van der Waals surface area contributed by atoms with Crippen LogP contribution in [0.2, 0.25) is 0 Å². The number of nitrogens with one attached hydrogen (secondary N) is 1. The number of guanidine groups is 1. The van der Waals surface area contributed by atoms with Crippen LogP contribution in [-0.2, 0) is 6.54 Å². The molecule has 1 aromatic carbocycles. The summed E-state index contributed by atoms with van der Waals surface area (Å²) in [5.74, 6) is 1.95. The second-order valence-electron chi connectivity index (χ2n) is 6.04. The van der Waals surface area contributed by atoms with Crippen molar-refractivity contribution in [2.75, 3.05) is 34.9 Å². The van der Waals surface area contributed by atoms with Gasteiger partial charge < -0.3 is 19.7 Å². The van der Waals surface area contributed by atoms with Crippen molar-refractivity contribution in [3.8, 4) is 11.5 Å². The Morgan fingerprint density at radius 1 is 1.15 bits per heavy atom. The van der Waals surface area contributed by atoms with E-state index in [9.17, 15) is 13.2 Å². The fraction of sp³-hybridized carbons (Fsp3) is 0.611. The lowest BCUT2D eigenvalue weighted by atomic mass is 10.1. The maximum atomic E-state index is 12.2. The van der Waals surface area contributed by atoms with Gasteiger partial charge in [0.15, 0.2) is 17.5 Å². The Morgan fingerprint density at radius 3 is 2.26 bits per heavy atom. The highest BCUT2D eigenvalue weighted by Gasteiger charge is 2.25. The monoisotopic (exact) mass is 503 g/mol. The molecule has 0 radical (unpaired) electrons. The summed E-state index contributed by atoms with van der Waals surface area (Å²) >= 11 is 0. The highest BCUT2D eigenvalue weighted by molar-refractivity contribution is 14.0. The number of halogens is 4. The first-order chi connectivity index (χ1) is 12.2. The van der Waals surface area contributed by atoms with Gasteiger partial charge in [-0.2, -0.15) is 13.2 Å². The lowest BCUT2D eigenvalue weighted by molar-refractivity contribution is -0.135. The van der Waals surface area contributed by atoms with Crippen molar-refractivity contribution in [1.29, 1.82) is 0 Å². The van der Waals surface area contributed by atoms with Gasteiger partial charge in [0.25, 0.3) is 0 Å². The molecule has 0 saturated heterocycles. The number of rotatable bonds is 8. The summed E-state index contributed by atoms with van der Waals surface area (Å²) in [6, 6.07) is 3.83. The van der Waals surface area contributed by atoms with Crippen LogP contribution in [0.5, 0.6) is 11.5 Å². The Kier molecular flexibility index (Phi) is 11.5. The average molecular weight is 503 g/mol. The number of alkyl halides is 3. The number of hydrogen-bond donors (Lipinski definition) is 1. The van der Waals surface area contributed by atoms with Gasteiger partial charge in [-0.05, 0) is 43.0 Å². The molecule has 0 unspecified atom stereocenters. The summed E-state index contributed by atoms with van der Waals surface area (Å²) in [7, 11) is 6.70. The standard InChI is InChI=1S/C18H28F3N3O2.HI/c1-13-10-15(25-4)16(26-5)11-14(13)12-24(3)17(22-2)23-9-7-6-8-18(19,20)21;/h10-11H,6-9,12H2,1-5H3,(H,22,23);1H. The second-order valence-corrected chi connectivity index (χ2v) is 6.04. The lowest BCUT2D eigenvalue weighted by Gasteiger charge is -2.23. The van der Waals surface area contributed by atoms with Crippen LogP contribution in [0.4, 0.5) is 13.2 Å². The third-order valence-corrected chi connectivity index (χ3v) is 3.99. The number of aliphatic imine (C=N–C) groups is 1. The summed E-state index contributed by atoms with van der Waals surface area (Å²) in [5.41, 5.74) is 2.10. The summed E-state index contributed by atoms with van der Waals surface area (Å²) < 4.78 is 47.1. The number of hydrogen-bond acceptors (Lipinski definition) is 3. The minimum absolute atomic E-state index is 0. The first-order valence-electron chi connectivity index (χ1n) is 8.41. The zero-order chi connectivity index (χ0) is 19.7. The van der Waals surface area contributed by atoms with Crippen molar-refractivity contribution >= 4 is 29.9 Å². The third kappa shape index (κ3) is 8.89. The van der Waals surface area contributed by atoms with Crippen LogP contribution in [0.25, 0.3) is 0 Å². The molecule has 0 aromatic heterocycles. The Morgan fingerprint density at radius 2 is 1.74 bits per heavy atom. The quantitative estimate of drug-likeness (QED) is 0.248. The molecular weight excluding hydrogens is 474 g/mol. The molecule has 0 aliphatic rings.